The van der Waals surface area contributed by atoms with Crippen LogP contribution in [0.25, 0.3) is 0 Å². The first-order valence-electron chi connectivity index (χ1n) is 8.94. The zero-order valence-corrected chi connectivity index (χ0v) is 17.2. The standard InChI is InChI=1S/C19H22FN3O3S2/c1-22(13-15-4-6-16(20)7-5-15)19(24)14-27-18-9-8-17(12-21-18)28(25,26)23-10-2-3-11-23/h4-9,12H,2-3,10-11,13-14H2,1H3. The maximum absolute atomic E-state index is 12.9. The van der Waals surface area contributed by atoms with Gasteiger partial charge in [-0.25, -0.2) is 17.8 Å². The lowest BCUT2D eigenvalue weighted by atomic mass is 10.2. The SMILES string of the molecule is CN(Cc1ccc(F)cc1)C(=O)CSc1ccc(S(=O)(=O)N2CCCC2)cn1. The van der Waals surface area contributed by atoms with Crippen molar-refractivity contribution in [2.75, 3.05) is 25.9 Å². The number of nitrogens with zero attached hydrogens (tertiary/aromatic N) is 3. The zero-order valence-electron chi connectivity index (χ0n) is 15.5. The summed E-state index contributed by atoms with van der Waals surface area (Å²) in [5.41, 5.74) is 0.844. The number of amides is 1. The molecule has 1 aliphatic heterocycles. The summed E-state index contributed by atoms with van der Waals surface area (Å²) in [4.78, 5) is 18.2. The van der Waals surface area contributed by atoms with Crippen LogP contribution in [0.3, 0.4) is 0 Å². The highest BCUT2D eigenvalue weighted by molar-refractivity contribution is 7.99. The fourth-order valence-electron chi connectivity index (χ4n) is 2.88. The van der Waals surface area contributed by atoms with E-state index in [2.05, 4.69) is 4.98 Å². The van der Waals surface area contributed by atoms with Gasteiger partial charge < -0.3 is 4.90 Å². The number of pyridine rings is 1. The number of carbonyl (C=O) groups is 1. The maximum Gasteiger partial charge on any atom is 0.244 e. The lowest BCUT2D eigenvalue weighted by Gasteiger charge is -2.17. The monoisotopic (exact) mass is 423 g/mol. The summed E-state index contributed by atoms with van der Waals surface area (Å²) in [6.07, 6.45) is 3.12. The molecule has 1 aliphatic rings. The molecular weight excluding hydrogens is 401 g/mol. The van der Waals surface area contributed by atoms with Gasteiger partial charge in [0.2, 0.25) is 15.9 Å². The van der Waals surface area contributed by atoms with Gasteiger partial charge in [0, 0.05) is 32.9 Å². The summed E-state index contributed by atoms with van der Waals surface area (Å²) >= 11 is 1.25. The third-order valence-corrected chi connectivity index (χ3v) is 7.33. The average Bonchev–Trinajstić information content (AvgIpc) is 3.24. The molecule has 9 heteroatoms. The molecule has 2 heterocycles. The normalized spacial score (nSPS) is 14.9. The molecule has 0 saturated carbocycles. The van der Waals surface area contributed by atoms with Crippen LogP contribution >= 0.6 is 11.8 Å². The van der Waals surface area contributed by atoms with Crippen molar-refractivity contribution in [3.8, 4) is 0 Å². The number of carbonyl (C=O) groups excluding carboxylic acids is 1. The third kappa shape index (κ3) is 5.09. The molecule has 0 aliphatic carbocycles. The quantitative estimate of drug-likeness (QED) is 0.641. The van der Waals surface area contributed by atoms with Crippen LogP contribution in [0.2, 0.25) is 0 Å². The maximum atomic E-state index is 12.9. The number of thioether (sulfide) groups is 1. The lowest BCUT2D eigenvalue weighted by Crippen LogP contribution is -2.28. The van der Waals surface area contributed by atoms with Crippen LogP contribution in [0.1, 0.15) is 18.4 Å². The van der Waals surface area contributed by atoms with Gasteiger partial charge in [-0.2, -0.15) is 4.31 Å². The zero-order chi connectivity index (χ0) is 20.1. The molecule has 0 N–H and O–H groups in total. The second-order valence-electron chi connectivity index (χ2n) is 6.61. The predicted molar refractivity (Wildman–Crippen MR) is 106 cm³/mol. The summed E-state index contributed by atoms with van der Waals surface area (Å²) in [5.74, 6) is -0.220. The van der Waals surface area contributed by atoms with Crippen molar-refractivity contribution in [3.05, 3.63) is 54.0 Å². The Labute approximate surface area is 168 Å². The number of hydrogen-bond acceptors (Lipinski definition) is 5. The van der Waals surface area contributed by atoms with Gasteiger partial charge in [0.05, 0.1) is 10.8 Å². The van der Waals surface area contributed by atoms with E-state index in [1.807, 2.05) is 0 Å². The Kier molecular flexibility index (Phi) is 6.69. The van der Waals surface area contributed by atoms with Gasteiger partial charge >= 0.3 is 0 Å². The Hall–Kier alpha value is -1.97. The molecule has 2 aromatic rings. The third-order valence-electron chi connectivity index (χ3n) is 4.51. The van der Waals surface area contributed by atoms with Gasteiger partial charge in [-0.3, -0.25) is 4.79 Å². The summed E-state index contributed by atoms with van der Waals surface area (Å²) in [6.45, 7) is 1.49. The van der Waals surface area contributed by atoms with E-state index >= 15 is 0 Å². The highest BCUT2D eigenvalue weighted by Gasteiger charge is 2.27. The van der Waals surface area contributed by atoms with Crippen LogP contribution in [0.5, 0.6) is 0 Å². The molecule has 1 fully saturated rings. The fraction of sp³-hybridized carbons (Fsp3) is 0.368. The van der Waals surface area contributed by atoms with Crippen molar-refractivity contribution in [1.29, 1.82) is 0 Å². The number of rotatable bonds is 7. The molecule has 0 radical (unpaired) electrons. The molecule has 150 valence electrons. The van der Waals surface area contributed by atoms with E-state index in [9.17, 15) is 17.6 Å². The van der Waals surface area contributed by atoms with Crippen LogP contribution < -0.4 is 0 Å². The van der Waals surface area contributed by atoms with E-state index in [1.54, 1.807) is 30.1 Å². The minimum Gasteiger partial charge on any atom is -0.341 e. The van der Waals surface area contributed by atoms with Crippen molar-refractivity contribution in [2.24, 2.45) is 0 Å². The van der Waals surface area contributed by atoms with Gasteiger partial charge in [0.15, 0.2) is 0 Å². The van der Waals surface area contributed by atoms with E-state index in [4.69, 9.17) is 0 Å². The Bertz CT molecular complexity index is 912. The minimum atomic E-state index is -3.48. The van der Waals surface area contributed by atoms with E-state index in [0.717, 1.165) is 18.4 Å². The molecule has 0 bridgehead atoms. The molecule has 0 spiro atoms. The van der Waals surface area contributed by atoms with Crippen molar-refractivity contribution in [1.82, 2.24) is 14.2 Å². The number of benzene rings is 1. The molecule has 0 unspecified atom stereocenters. The summed E-state index contributed by atoms with van der Waals surface area (Å²) in [7, 11) is -1.79. The first-order chi connectivity index (χ1) is 13.4. The summed E-state index contributed by atoms with van der Waals surface area (Å²) in [5, 5.41) is 0.587. The van der Waals surface area contributed by atoms with E-state index in [-0.39, 0.29) is 22.4 Å². The van der Waals surface area contributed by atoms with Gasteiger partial charge in [-0.05, 0) is 42.7 Å². The van der Waals surface area contributed by atoms with E-state index < -0.39 is 10.0 Å². The van der Waals surface area contributed by atoms with Crippen molar-refractivity contribution >= 4 is 27.7 Å². The minimum absolute atomic E-state index is 0.0927. The Balaban J connectivity index is 1.54. The highest BCUT2D eigenvalue weighted by atomic mass is 32.2. The molecule has 6 nitrogen and oxygen atoms in total. The van der Waals surface area contributed by atoms with Crippen LogP contribution in [0.4, 0.5) is 4.39 Å². The topological polar surface area (TPSA) is 70.6 Å². The summed E-state index contributed by atoms with van der Waals surface area (Å²) in [6, 6.07) is 9.19. The second-order valence-corrected chi connectivity index (χ2v) is 9.54. The first-order valence-corrected chi connectivity index (χ1v) is 11.4. The Morgan fingerprint density at radius 1 is 1.18 bits per heavy atom. The van der Waals surface area contributed by atoms with Crippen LogP contribution in [0.15, 0.2) is 52.5 Å². The molecule has 1 amide bonds. The predicted octanol–water partition coefficient (Wildman–Crippen LogP) is 2.76. The molecule has 3 rings (SSSR count). The van der Waals surface area contributed by atoms with Crippen LogP contribution in [0, 0.1) is 5.82 Å². The second kappa shape index (κ2) is 9.02. The van der Waals surface area contributed by atoms with Crippen LogP contribution in [-0.2, 0) is 21.4 Å². The average molecular weight is 424 g/mol. The Morgan fingerprint density at radius 2 is 1.86 bits per heavy atom. The number of aromatic nitrogens is 1. The van der Waals surface area contributed by atoms with Gasteiger partial charge in [-0.15, -0.1) is 0 Å². The fourth-order valence-corrected chi connectivity index (χ4v) is 5.13. The molecule has 1 aromatic heterocycles. The molecule has 0 atom stereocenters. The smallest absolute Gasteiger partial charge is 0.244 e. The van der Waals surface area contributed by atoms with E-state index in [0.29, 0.717) is 24.7 Å². The van der Waals surface area contributed by atoms with Gasteiger partial charge in [0.1, 0.15) is 10.7 Å². The molecule has 28 heavy (non-hydrogen) atoms. The number of hydrogen-bond donors (Lipinski definition) is 0. The number of halogens is 1. The number of sulfonamides is 1. The van der Waals surface area contributed by atoms with Crippen molar-refractivity contribution < 1.29 is 17.6 Å². The molecular formula is C19H22FN3O3S2. The lowest BCUT2D eigenvalue weighted by molar-refractivity contribution is -0.127. The van der Waals surface area contributed by atoms with Gasteiger partial charge in [-0.1, -0.05) is 23.9 Å². The Morgan fingerprint density at radius 3 is 2.46 bits per heavy atom. The van der Waals surface area contributed by atoms with Crippen molar-refractivity contribution in [3.63, 3.8) is 0 Å². The van der Waals surface area contributed by atoms with Gasteiger partial charge in [0.25, 0.3) is 0 Å². The summed E-state index contributed by atoms with van der Waals surface area (Å²) < 4.78 is 39.4. The van der Waals surface area contributed by atoms with Crippen LogP contribution in [-0.4, -0.2) is 54.4 Å². The van der Waals surface area contributed by atoms with E-state index in [1.165, 1.54) is 40.5 Å². The largest absolute Gasteiger partial charge is 0.341 e. The first kappa shape index (κ1) is 20.8. The highest BCUT2D eigenvalue weighted by Crippen LogP contribution is 2.22. The van der Waals surface area contributed by atoms with Crippen molar-refractivity contribution in [2.45, 2.75) is 29.3 Å². The molecule has 1 aromatic carbocycles. The molecule has 1 saturated heterocycles.